The molecule has 8 heteroatoms. The van der Waals surface area contributed by atoms with Crippen molar-refractivity contribution in [2.45, 2.75) is 40.7 Å². The van der Waals surface area contributed by atoms with E-state index in [-0.39, 0.29) is 5.91 Å². The van der Waals surface area contributed by atoms with Crippen LogP contribution in [0.3, 0.4) is 0 Å². The van der Waals surface area contributed by atoms with Gasteiger partial charge in [0.25, 0.3) is 5.91 Å². The molecule has 0 saturated carbocycles. The van der Waals surface area contributed by atoms with Crippen LogP contribution in [0.5, 0.6) is 0 Å². The van der Waals surface area contributed by atoms with Crippen LogP contribution in [0.15, 0.2) is 47.5 Å². The van der Waals surface area contributed by atoms with Gasteiger partial charge < -0.3 is 5.32 Å². The molecule has 1 heterocycles. The van der Waals surface area contributed by atoms with Gasteiger partial charge in [0.05, 0.1) is 5.69 Å². The topological polar surface area (TPSA) is 71.3 Å². The molecule has 0 bridgehead atoms. The summed E-state index contributed by atoms with van der Waals surface area (Å²) in [5, 5.41) is 11.9. The van der Waals surface area contributed by atoms with Crippen LogP contribution in [0.4, 0.5) is 5.69 Å². The van der Waals surface area contributed by atoms with Gasteiger partial charge in [-0.15, -0.1) is 0 Å². The predicted octanol–water partition coefficient (Wildman–Crippen LogP) is 5.58. The maximum atomic E-state index is 12.8. The first-order valence-electron chi connectivity index (χ1n) is 10.5. The van der Waals surface area contributed by atoms with Crippen molar-refractivity contribution in [2.75, 3.05) is 11.9 Å². The third-order valence-electron chi connectivity index (χ3n) is 5.32. The Hall–Kier alpha value is -2.83. The molecule has 32 heavy (non-hydrogen) atoms. The molecule has 2 aromatic carbocycles. The Morgan fingerprint density at radius 3 is 2.47 bits per heavy atom. The lowest BCUT2D eigenvalue weighted by atomic mass is 10.1. The summed E-state index contributed by atoms with van der Waals surface area (Å²) in [6.45, 7) is 9.38. The molecule has 0 aliphatic rings. The third kappa shape index (κ3) is 5.69. The molecule has 0 fully saturated rings. The van der Waals surface area contributed by atoms with Crippen LogP contribution in [-0.4, -0.2) is 28.2 Å². The molecule has 6 nitrogen and oxygen atoms in total. The summed E-state index contributed by atoms with van der Waals surface area (Å²) in [6.07, 6.45) is 0.716. The molecule has 0 spiro atoms. The lowest BCUT2D eigenvalue weighted by molar-refractivity contribution is 0.0977. The van der Waals surface area contributed by atoms with Gasteiger partial charge in [0.1, 0.15) is 0 Å². The maximum Gasteiger partial charge on any atom is 0.257 e. The van der Waals surface area contributed by atoms with Crippen LogP contribution in [0.1, 0.15) is 39.8 Å². The molecule has 0 aliphatic heterocycles. The minimum absolute atomic E-state index is 0.279. The monoisotopic (exact) mass is 471 g/mol. The van der Waals surface area contributed by atoms with E-state index in [0.717, 1.165) is 29.2 Å². The number of hydrogen-bond acceptors (Lipinski definition) is 3. The molecule has 0 radical (unpaired) electrons. The number of carbonyl (C=O) groups is 1. The zero-order chi connectivity index (χ0) is 23.3. The number of benzene rings is 2. The van der Waals surface area contributed by atoms with Gasteiger partial charge in [0.15, 0.2) is 0 Å². The number of aromatic nitrogens is 2. The summed E-state index contributed by atoms with van der Waals surface area (Å²) in [4.78, 5) is 17.4. The molecule has 2 N–H and O–H groups in total. The molecule has 0 saturated heterocycles. The number of hydrogen-bond donors (Lipinski definition) is 2. The van der Waals surface area contributed by atoms with Crippen LogP contribution < -0.4 is 10.6 Å². The molecule has 168 valence electrons. The highest BCUT2D eigenvalue weighted by atomic mass is 35.5. The molecular weight excluding hydrogens is 445 g/mol. The Balaban J connectivity index is 1.82. The first kappa shape index (κ1) is 23.8. The van der Waals surface area contributed by atoms with Crippen LogP contribution in [0.2, 0.25) is 10.0 Å². The molecule has 0 atom stereocenters. The predicted molar refractivity (Wildman–Crippen MR) is 132 cm³/mol. The van der Waals surface area contributed by atoms with E-state index in [9.17, 15) is 4.79 Å². The normalized spacial score (nSPS) is 11.5. The average molecular weight is 472 g/mol. The number of guanidine groups is 1. The molecular formula is C24H27Cl2N5O. The van der Waals surface area contributed by atoms with Gasteiger partial charge >= 0.3 is 0 Å². The highest BCUT2D eigenvalue weighted by Gasteiger charge is 2.13. The van der Waals surface area contributed by atoms with Crippen molar-refractivity contribution in [2.24, 2.45) is 4.99 Å². The first-order chi connectivity index (χ1) is 15.3. The Labute approximate surface area is 198 Å². The van der Waals surface area contributed by atoms with Gasteiger partial charge in [-0.25, -0.2) is 0 Å². The number of anilines is 1. The van der Waals surface area contributed by atoms with Crippen LogP contribution in [-0.2, 0) is 13.0 Å². The quantitative estimate of drug-likeness (QED) is 0.364. The molecule has 1 amide bonds. The number of halogens is 2. The SMILES string of the molecule is CCn1nc(C)c(CCN=C(NC(=O)c2ccc(Cl)cc2)Nc2cccc(Cl)c2C)c1C. The number of carbonyl (C=O) groups excluding carboxylic acids is 1. The van der Waals surface area contributed by atoms with E-state index in [1.54, 1.807) is 24.3 Å². The standard InChI is InChI=1S/C24H27Cl2N5O/c1-5-31-17(4)20(16(3)30-31)13-14-27-24(28-22-8-6-7-21(26)15(22)2)29-23(32)18-9-11-19(25)12-10-18/h6-12H,5,13-14H2,1-4H3,(H2,27,28,29,32). The highest BCUT2D eigenvalue weighted by molar-refractivity contribution is 6.32. The Kier molecular flexibility index (Phi) is 7.94. The van der Waals surface area contributed by atoms with Gasteiger partial charge in [0.2, 0.25) is 5.96 Å². The van der Waals surface area contributed by atoms with Crippen molar-refractivity contribution in [3.63, 3.8) is 0 Å². The second-order valence-electron chi connectivity index (χ2n) is 7.44. The third-order valence-corrected chi connectivity index (χ3v) is 5.98. The van der Waals surface area contributed by atoms with Gasteiger partial charge in [-0.2, -0.15) is 5.10 Å². The summed E-state index contributed by atoms with van der Waals surface area (Å²) >= 11 is 12.2. The van der Waals surface area contributed by atoms with E-state index >= 15 is 0 Å². The fraction of sp³-hybridized carbons (Fsp3) is 0.292. The molecule has 0 aliphatic carbocycles. The van der Waals surface area contributed by atoms with Crippen molar-refractivity contribution in [1.29, 1.82) is 0 Å². The van der Waals surface area contributed by atoms with Crippen LogP contribution in [0, 0.1) is 20.8 Å². The second kappa shape index (κ2) is 10.7. The minimum atomic E-state index is -0.279. The number of nitrogens with zero attached hydrogens (tertiary/aromatic N) is 3. The number of amides is 1. The van der Waals surface area contributed by atoms with E-state index in [1.807, 2.05) is 36.7 Å². The van der Waals surface area contributed by atoms with E-state index in [1.165, 1.54) is 5.56 Å². The average Bonchev–Trinajstić information content (AvgIpc) is 3.04. The van der Waals surface area contributed by atoms with Gasteiger partial charge in [-0.3, -0.25) is 19.8 Å². The van der Waals surface area contributed by atoms with Crippen LogP contribution >= 0.6 is 23.2 Å². The van der Waals surface area contributed by atoms with E-state index in [0.29, 0.717) is 34.5 Å². The first-order valence-corrected chi connectivity index (χ1v) is 11.2. The van der Waals surface area contributed by atoms with Crippen molar-refractivity contribution >= 4 is 40.8 Å². The minimum Gasteiger partial charge on any atom is -0.326 e. The highest BCUT2D eigenvalue weighted by Crippen LogP contribution is 2.23. The van der Waals surface area contributed by atoms with Crippen LogP contribution in [0.25, 0.3) is 0 Å². The maximum absolute atomic E-state index is 12.8. The number of aryl methyl sites for hydroxylation is 2. The van der Waals surface area contributed by atoms with Crippen molar-refractivity contribution in [3.8, 4) is 0 Å². The van der Waals surface area contributed by atoms with Gasteiger partial charge in [-0.05, 0) is 81.6 Å². The Morgan fingerprint density at radius 1 is 1.09 bits per heavy atom. The molecule has 1 aromatic heterocycles. The van der Waals surface area contributed by atoms with E-state index in [4.69, 9.17) is 23.2 Å². The summed E-state index contributed by atoms with van der Waals surface area (Å²) in [6, 6.07) is 12.3. The van der Waals surface area contributed by atoms with Crippen molar-refractivity contribution < 1.29 is 4.79 Å². The number of nitrogens with one attached hydrogen (secondary N) is 2. The Bertz CT molecular complexity index is 1140. The lowest BCUT2D eigenvalue weighted by Gasteiger charge is -2.14. The smallest absolute Gasteiger partial charge is 0.257 e. The molecule has 0 unspecified atom stereocenters. The van der Waals surface area contributed by atoms with E-state index in [2.05, 4.69) is 34.6 Å². The summed E-state index contributed by atoms with van der Waals surface area (Å²) in [5.41, 5.74) is 5.47. The summed E-state index contributed by atoms with van der Waals surface area (Å²) in [5.74, 6) is 0.0762. The van der Waals surface area contributed by atoms with Gasteiger partial charge in [-0.1, -0.05) is 29.3 Å². The zero-order valence-corrected chi connectivity index (χ0v) is 20.2. The Morgan fingerprint density at radius 2 is 1.81 bits per heavy atom. The number of rotatable bonds is 6. The summed E-state index contributed by atoms with van der Waals surface area (Å²) < 4.78 is 1.99. The number of aliphatic imine (C=N–C) groups is 1. The largest absolute Gasteiger partial charge is 0.326 e. The summed E-state index contributed by atoms with van der Waals surface area (Å²) in [7, 11) is 0. The molecule has 3 aromatic rings. The fourth-order valence-corrected chi connectivity index (χ4v) is 3.75. The van der Waals surface area contributed by atoms with Crippen molar-refractivity contribution in [1.82, 2.24) is 15.1 Å². The van der Waals surface area contributed by atoms with Gasteiger partial charge in [0, 0.05) is 40.1 Å². The van der Waals surface area contributed by atoms with Crippen molar-refractivity contribution in [3.05, 3.63) is 80.6 Å². The second-order valence-corrected chi connectivity index (χ2v) is 8.29. The van der Waals surface area contributed by atoms with E-state index < -0.39 is 0 Å². The lowest BCUT2D eigenvalue weighted by Crippen LogP contribution is -2.36. The fourth-order valence-electron chi connectivity index (χ4n) is 3.44. The molecule has 3 rings (SSSR count). The zero-order valence-electron chi connectivity index (χ0n) is 18.7.